The summed E-state index contributed by atoms with van der Waals surface area (Å²) in [6.45, 7) is 3.23. The molecule has 0 aliphatic heterocycles. The summed E-state index contributed by atoms with van der Waals surface area (Å²) in [4.78, 5) is 28.3. The molecule has 2 aromatic carbocycles. The molecule has 10 heteroatoms. The third-order valence-corrected chi connectivity index (χ3v) is 6.65. The fraction of sp³-hybridized carbons (Fsp3) is 0.227. The first-order valence-electron chi connectivity index (χ1n) is 9.77. The number of nitrogens with zero attached hydrogens (tertiary/aromatic N) is 1. The first-order chi connectivity index (χ1) is 15.2. The fourth-order valence-electron chi connectivity index (χ4n) is 2.65. The molecule has 1 heterocycles. The van der Waals surface area contributed by atoms with Crippen molar-refractivity contribution in [3.63, 3.8) is 0 Å². The maximum absolute atomic E-state index is 12.2. The van der Waals surface area contributed by atoms with Gasteiger partial charge in [-0.15, -0.1) is 11.3 Å². The van der Waals surface area contributed by atoms with Gasteiger partial charge in [0.25, 0.3) is 5.91 Å². The van der Waals surface area contributed by atoms with E-state index in [2.05, 4.69) is 15.0 Å². The van der Waals surface area contributed by atoms with Crippen LogP contribution in [0, 0.1) is 13.8 Å². The van der Waals surface area contributed by atoms with E-state index in [0.29, 0.717) is 5.13 Å². The Kier molecular flexibility index (Phi) is 7.73. The van der Waals surface area contributed by atoms with Crippen LogP contribution >= 0.6 is 11.3 Å². The molecule has 0 radical (unpaired) electrons. The Labute approximate surface area is 190 Å². The van der Waals surface area contributed by atoms with E-state index in [0.717, 1.165) is 22.4 Å². The van der Waals surface area contributed by atoms with Gasteiger partial charge in [-0.2, -0.15) is 0 Å². The van der Waals surface area contributed by atoms with Crippen molar-refractivity contribution < 1.29 is 22.7 Å². The number of esters is 1. The predicted molar refractivity (Wildman–Crippen MR) is 123 cm³/mol. The minimum absolute atomic E-state index is 0.115. The van der Waals surface area contributed by atoms with Crippen LogP contribution in [0.5, 0.6) is 0 Å². The van der Waals surface area contributed by atoms with Gasteiger partial charge in [0.05, 0.1) is 17.0 Å². The van der Waals surface area contributed by atoms with Crippen molar-refractivity contribution in [3.05, 3.63) is 65.0 Å². The van der Waals surface area contributed by atoms with Gasteiger partial charge in [-0.1, -0.05) is 47.5 Å². The second kappa shape index (κ2) is 10.5. The largest absolute Gasteiger partial charge is 0.456 e. The second-order valence-corrected chi connectivity index (χ2v) is 9.70. The highest BCUT2D eigenvalue weighted by atomic mass is 32.2. The van der Waals surface area contributed by atoms with Gasteiger partial charge < -0.3 is 4.74 Å². The third-order valence-electron chi connectivity index (χ3n) is 4.41. The standard InChI is InChI=1S/C22H23N3O5S2/c1-15-3-7-17(8-4-15)19-14-31-22(24-19)25-20(26)13-30-21(27)11-12-23-32(28,29)18-9-5-16(2)6-10-18/h3-10,14,23H,11-13H2,1-2H3,(H,24,25,26). The van der Waals surface area contributed by atoms with Crippen LogP contribution in [0.2, 0.25) is 0 Å². The number of thiazole rings is 1. The van der Waals surface area contributed by atoms with Gasteiger partial charge in [-0.25, -0.2) is 18.1 Å². The number of sulfonamides is 1. The molecule has 0 fully saturated rings. The number of aromatic nitrogens is 1. The Morgan fingerprint density at radius 2 is 1.62 bits per heavy atom. The summed E-state index contributed by atoms with van der Waals surface area (Å²) in [7, 11) is -3.71. The van der Waals surface area contributed by atoms with Crippen LogP contribution < -0.4 is 10.0 Å². The van der Waals surface area contributed by atoms with Gasteiger partial charge in [-0.3, -0.25) is 14.9 Å². The van der Waals surface area contributed by atoms with Crippen LogP contribution in [-0.2, 0) is 24.3 Å². The van der Waals surface area contributed by atoms with Crippen LogP contribution in [0.15, 0.2) is 58.8 Å². The molecule has 1 aromatic heterocycles. The van der Waals surface area contributed by atoms with E-state index in [1.165, 1.54) is 23.5 Å². The number of hydrogen-bond acceptors (Lipinski definition) is 7. The topological polar surface area (TPSA) is 114 Å². The van der Waals surface area contributed by atoms with E-state index < -0.39 is 28.5 Å². The van der Waals surface area contributed by atoms with E-state index in [-0.39, 0.29) is 17.9 Å². The average molecular weight is 474 g/mol. The molecule has 0 saturated carbocycles. The van der Waals surface area contributed by atoms with E-state index in [1.54, 1.807) is 12.1 Å². The van der Waals surface area contributed by atoms with Crippen molar-refractivity contribution in [1.82, 2.24) is 9.71 Å². The molecule has 0 atom stereocenters. The average Bonchev–Trinajstić information content (AvgIpc) is 3.21. The minimum atomic E-state index is -3.71. The SMILES string of the molecule is Cc1ccc(-c2csc(NC(=O)COC(=O)CCNS(=O)(=O)c3ccc(C)cc3)n2)cc1. The molecule has 168 valence electrons. The smallest absolute Gasteiger partial charge is 0.307 e. The minimum Gasteiger partial charge on any atom is -0.456 e. The molecule has 0 spiro atoms. The fourth-order valence-corrected chi connectivity index (χ4v) is 4.42. The highest BCUT2D eigenvalue weighted by molar-refractivity contribution is 7.89. The van der Waals surface area contributed by atoms with Crippen molar-refractivity contribution >= 4 is 38.4 Å². The molecule has 8 nitrogen and oxygen atoms in total. The summed E-state index contributed by atoms with van der Waals surface area (Å²) in [5.41, 5.74) is 3.76. The van der Waals surface area contributed by atoms with Gasteiger partial charge in [-0.05, 0) is 26.0 Å². The number of aryl methyl sites for hydroxylation is 2. The molecule has 3 rings (SSSR count). The van der Waals surface area contributed by atoms with Gasteiger partial charge in [0.15, 0.2) is 11.7 Å². The lowest BCUT2D eigenvalue weighted by atomic mass is 10.1. The molecule has 0 aliphatic rings. The highest BCUT2D eigenvalue weighted by Gasteiger charge is 2.15. The molecule has 2 N–H and O–H groups in total. The molecular formula is C22H23N3O5S2. The zero-order valence-corrected chi connectivity index (χ0v) is 19.3. The Hall–Kier alpha value is -3.08. The van der Waals surface area contributed by atoms with E-state index in [1.807, 2.05) is 43.5 Å². The molecule has 32 heavy (non-hydrogen) atoms. The molecular weight excluding hydrogens is 450 g/mol. The summed E-state index contributed by atoms with van der Waals surface area (Å²) in [5, 5.41) is 4.81. The number of rotatable bonds is 9. The van der Waals surface area contributed by atoms with E-state index in [4.69, 9.17) is 4.74 Å². The number of amides is 1. The van der Waals surface area contributed by atoms with Gasteiger partial charge in [0.2, 0.25) is 10.0 Å². The molecule has 0 aliphatic carbocycles. The van der Waals surface area contributed by atoms with Crippen LogP contribution in [0.25, 0.3) is 11.3 Å². The zero-order chi connectivity index (χ0) is 23.1. The molecule has 0 bridgehead atoms. The second-order valence-electron chi connectivity index (χ2n) is 7.07. The van der Waals surface area contributed by atoms with Gasteiger partial charge >= 0.3 is 5.97 Å². The number of nitrogens with one attached hydrogen (secondary N) is 2. The predicted octanol–water partition coefficient (Wildman–Crippen LogP) is 3.28. The Balaban J connectivity index is 1.41. The maximum Gasteiger partial charge on any atom is 0.307 e. The Bertz CT molecular complexity index is 1190. The van der Waals surface area contributed by atoms with Crippen LogP contribution in [-0.4, -0.2) is 38.4 Å². The van der Waals surface area contributed by atoms with Crippen molar-refractivity contribution in [2.45, 2.75) is 25.2 Å². The number of carbonyl (C=O) groups is 2. The number of benzene rings is 2. The maximum atomic E-state index is 12.2. The lowest BCUT2D eigenvalue weighted by Gasteiger charge is -2.07. The summed E-state index contributed by atoms with van der Waals surface area (Å²) < 4.78 is 31.6. The first-order valence-corrected chi connectivity index (χ1v) is 12.1. The molecule has 0 saturated heterocycles. The Morgan fingerprint density at radius 1 is 1.00 bits per heavy atom. The summed E-state index contributed by atoms with van der Waals surface area (Å²) in [6.07, 6.45) is -0.201. The number of hydrogen-bond donors (Lipinski definition) is 2. The lowest BCUT2D eigenvalue weighted by Crippen LogP contribution is -2.28. The summed E-state index contributed by atoms with van der Waals surface area (Å²) >= 11 is 1.27. The van der Waals surface area contributed by atoms with Gasteiger partial charge in [0, 0.05) is 17.5 Å². The summed E-state index contributed by atoms with van der Waals surface area (Å²) in [6, 6.07) is 14.2. The zero-order valence-electron chi connectivity index (χ0n) is 17.6. The van der Waals surface area contributed by atoms with Crippen LogP contribution in [0.4, 0.5) is 5.13 Å². The van der Waals surface area contributed by atoms with E-state index >= 15 is 0 Å². The van der Waals surface area contributed by atoms with Crippen LogP contribution in [0.3, 0.4) is 0 Å². The Morgan fingerprint density at radius 3 is 2.28 bits per heavy atom. The molecule has 0 unspecified atom stereocenters. The van der Waals surface area contributed by atoms with Crippen molar-refractivity contribution in [3.8, 4) is 11.3 Å². The van der Waals surface area contributed by atoms with Crippen molar-refractivity contribution in [2.24, 2.45) is 0 Å². The number of ether oxygens (including phenoxy) is 1. The van der Waals surface area contributed by atoms with E-state index in [9.17, 15) is 18.0 Å². The number of anilines is 1. The monoisotopic (exact) mass is 473 g/mol. The quantitative estimate of drug-likeness (QED) is 0.461. The third kappa shape index (κ3) is 6.71. The first kappa shape index (κ1) is 23.6. The van der Waals surface area contributed by atoms with Crippen molar-refractivity contribution in [1.29, 1.82) is 0 Å². The van der Waals surface area contributed by atoms with Crippen molar-refractivity contribution in [2.75, 3.05) is 18.5 Å². The highest BCUT2D eigenvalue weighted by Crippen LogP contribution is 2.25. The normalized spacial score (nSPS) is 11.2. The molecule has 1 amide bonds. The lowest BCUT2D eigenvalue weighted by molar-refractivity contribution is -0.147. The van der Waals surface area contributed by atoms with Crippen LogP contribution in [0.1, 0.15) is 17.5 Å². The number of carbonyl (C=O) groups excluding carboxylic acids is 2. The molecule has 3 aromatic rings. The van der Waals surface area contributed by atoms with Gasteiger partial charge in [0.1, 0.15) is 0 Å². The summed E-state index contributed by atoms with van der Waals surface area (Å²) in [5.74, 6) is -1.21.